The zero-order chi connectivity index (χ0) is 24.8. The summed E-state index contributed by atoms with van der Waals surface area (Å²) in [5.41, 5.74) is 2.10. The lowest BCUT2D eigenvalue weighted by Crippen LogP contribution is -2.29. The van der Waals surface area contributed by atoms with E-state index in [2.05, 4.69) is 10.3 Å². The zero-order valence-corrected chi connectivity index (χ0v) is 20.7. The lowest BCUT2D eigenvalue weighted by Gasteiger charge is -2.13. The summed E-state index contributed by atoms with van der Waals surface area (Å²) in [6.07, 6.45) is 0.578. The first-order valence-corrected chi connectivity index (χ1v) is 13.5. The number of benzene rings is 2. The van der Waals surface area contributed by atoms with Gasteiger partial charge in [-0.3, -0.25) is 23.2 Å². The Labute approximate surface area is 205 Å². The fourth-order valence-corrected chi connectivity index (χ4v) is 5.07. The van der Waals surface area contributed by atoms with Crippen LogP contribution in [0.2, 0.25) is 0 Å². The van der Waals surface area contributed by atoms with Crippen LogP contribution in [0.4, 0.5) is 0 Å². The van der Waals surface area contributed by atoms with Crippen molar-refractivity contribution in [2.45, 2.75) is 18.5 Å². The van der Waals surface area contributed by atoms with E-state index < -0.39 is 7.82 Å². The summed E-state index contributed by atoms with van der Waals surface area (Å²) >= 11 is 1.12. The fraction of sp³-hybridized carbons (Fsp3) is 0.261. The lowest BCUT2D eigenvalue weighted by atomic mass is 10.2. The smallest absolute Gasteiger partial charge is 0.353 e. The van der Waals surface area contributed by atoms with Crippen molar-refractivity contribution in [2.24, 2.45) is 0 Å². The topological polar surface area (TPSA) is 136 Å². The first kappa shape index (κ1) is 25.2. The van der Waals surface area contributed by atoms with E-state index >= 15 is 0 Å². The van der Waals surface area contributed by atoms with Gasteiger partial charge in [0.05, 0.1) is 24.7 Å². The van der Waals surface area contributed by atoms with Crippen LogP contribution in [0, 0.1) is 0 Å². The van der Waals surface area contributed by atoms with Gasteiger partial charge in [0.1, 0.15) is 11.0 Å². The molecule has 0 fully saturated rings. The molecule has 1 amide bonds. The summed E-state index contributed by atoms with van der Waals surface area (Å²) in [6.45, 7) is 1.76. The van der Waals surface area contributed by atoms with E-state index in [1.165, 1.54) is 4.57 Å². The molecule has 2 aromatic carbocycles. The molecular weight excluding hydrogens is 491 g/mol. The fourth-order valence-electron chi connectivity index (χ4n) is 3.42. The number of nitrogens with zero attached hydrogens (tertiary/aromatic N) is 2. The first-order valence-electron chi connectivity index (χ1n) is 11.0. The van der Waals surface area contributed by atoms with Crippen LogP contribution in [-0.4, -0.2) is 50.8 Å². The highest BCUT2D eigenvalue weighted by Gasteiger charge is 2.20. The second-order valence-electron chi connectivity index (χ2n) is 7.54. The standard InChI is InChI=1S/C23H25N4O6PS/c1-2-13-32-34(30,31)33-14-12-24-19(28)15-35-23-26-20-17-10-6-7-11-18(17)25-21(20)22(29)27(23)16-8-4-3-5-9-16/h3-11,25H,2,12-15H2,1H3,(H,24,28)(H,30,31). The molecule has 0 radical (unpaired) electrons. The first-order chi connectivity index (χ1) is 16.9. The minimum atomic E-state index is -4.12. The summed E-state index contributed by atoms with van der Waals surface area (Å²) in [5, 5.41) is 3.82. The van der Waals surface area contributed by atoms with Crippen molar-refractivity contribution in [3.8, 4) is 5.69 Å². The SMILES string of the molecule is CCCOP(=O)(O)OCCNC(=O)CSc1nc2c([nH]c3ccccc32)c(=O)n1-c1ccccc1. The van der Waals surface area contributed by atoms with Gasteiger partial charge in [-0.1, -0.05) is 55.1 Å². The van der Waals surface area contributed by atoms with Crippen molar-refractivity contribution in [3.63, 3.8) is 0 Å². The number of H-pyrrole nitrogens is 1. The minimum Gasteiger partial charge on any atom is -0.353 e. The molecule has 4 aromatic rings. The number of rotatable bonds is 11. The lowest BCUT2D eigenvalue weighted by molar-refractivity contribution is -0.118. The average Bonchev–Trinajstić information content (AvgIpc) is 3.24. The third-order valence-corrected chi connectivity index (χ3v) is 6.93. The molecule has 184 valence electrons. The van der Waals surface area contributed by atoms with Crippen LogP contribution in [0.1, 0.15) is 13.3 Å². The van der Waals surface area contributed by atoms with Crippen molar-refractivity contribution in [2.75, 3.05) is 25.5 Å². The minimum absolute atomic E-state index is 0.0176. The quantitative estimate of drug-likeness (QED) is 0.119. The van der Waals surface area contributed by atoms with Gasteiger partial charge in [-0.05, 0) is 24.6 Å². The maximum absolute atomic E-state index is 13.4. The van der Waals surface area contributed by atoms with Crippen molar-refractivity contribution >= 4 is 47.4 Å². The molecule has 12 heteroatoms. The molecule has 0 saturated heterocycles. The predicted octanol–water partition coefficient (Wildman–Crippen LogP) is 3.62. The normalized spacial score (nSPS) is 13.2. The number of carbonyl (C=O) groups is 1. The second-order valence-corrected chi connectivity index (χ2v) is 9.93. The van der Waals surface area contributed by atoms with Crippen molar-refractivity contribution in [3.05, 3.63) is 65.0 Å². The number of nitrogens with one attached hydrogen (secondary N) is 2. The van der Waals surface area contributed by atoms with Crippen molar-refractivity contribution in [1.82, 2.24) is 19.9 Å². The summed E-state index contributed by atoms with van der Waals surface area (Å²) in [6, 6.07) is 16.6. The van der Waals surface area contributed by atoms with E-state index in [1.54, 1.807) is 19.1 Å². The van der Waals surface area contributed by atoms with E-state index in [0.29, 0.717) is 28.3 Å². The van der Waals surface area contributed by atoms with E-state index in [9.17, 15) is 19.0 Å². The molecular formula is C23H25N4O6PS. The Bertz CT molecular complexity index is 1440. The zero-order valence-electron chi connectivity index (χ0n) is 19.0. The number of aromatic amines is 1. The Balaban J connectivity index is 1.51. The van der Waals surface area contributed by atoms with E-state index in [4.69, 9.17) is 14.0 Å². The maximum Gasteiger partial charge on any atom is 0.472 e. The highest BCUT2D eigenvalue weighted by molar-refractivity contribution is 7.99. The molecule has 0 aliphatic heterocycles. The van der Waals surface area contributed by atoms with Gasteiger partial charge in [-0.25, -0.2) is 9.55 Å². The Morgan fingerprint density at radius 2 is 1.86 bits per heavy atom. The number of fused-ring (bicyclic) bond motifs is 3. The van der Waals surface area contributed by atoms with Crippen LogP contribution in [-0.2, 0) is 18.4 Å². The van der Waals surface area contributed by atoms with Gasteiger partial charge in [-0.15, -0.1) is 0 Å². The Hall–Kier alpha value is -2.95. The number of amides is 1. The molecule has 0 spiro atoms. The number of para-hydroxylation sites is 2. The van der Waals surface area contributed by atoms with Crippen LogP contribution < -0.4 is 10.9 Å². The molecule has 4 rings (SSSR count). The third kappa shape index (κ3) is 6.01. The molecule has 1 unspecified atom stereocenters. The van der Waals surface area contributed by atoms with Gasteiger partial charge < -0.3 is 15.2 Å². The number of phosphoric ester groups is 1. The van der Waals surface area contributed by atoms with Crippen LogP contribution >= 0.6 is 19.6 Å². The summed E-state index contributed by atoms with van der Waals surface area (Å²) < 4.78 is 22.7. The molecule has 10 nitrogen and oxygen atoms in total. The van der Waals surface area contributed by atoms with Crippen LogP contribution in [0.15, 0.2) is 64.5 Å². The highest BCUT2D eigenvalue weighted by atomic mass is 32.2. The highest BCUT2D eigenvalue weighted by Crippen LogP contribution is 2.42. The number of thioether (sulfide) groups is 1. The molecule has 2 aromatic heterocycles. The Morgan fingerprint density at radius 3 is 2.63 bits per heavy atom. The van der Waals surface area contributed by atoms with E-state index in [0.717, 1.165) is 22.7 Å². The molecule has 0 aliphatic carbocycles. The number of hydrogen-bond donors (Lipinski definition) is 3. The Morgan fingerprint density at radius 1 is 1.14 bits per heavy atom. The maximum atomic E-state index is 13.4. The third-order valence-electron chi connectivity index (χ3n) is 4.98. The van der Waals surface area contributed by atoms with Gasteiger partial charge in [-0.2, -0.15) is 0 Å². The van der Waals surface area contributed by atoms with Crippen molar-refractivity contribution in [1.29, 1.82) is 0 Å². The molecule has 0 aliphatic rings. The summed E-state index contributed by atoms with van der Waals surface area (Å²) in [5.74, 6) is -0.357. The number of hydrogen-bond acceptors (Lipinski definition) is 7. The summed E-state index contributed by atoms with van der Waals surface area (Å²) in [4.78, 5) is 43.3. The van der Waals surface area contributed by atoms with E-state index in [1.807, 2.05) is 42.5 Å². The predicted molar refractivity (Wildman–Crippen MR) is 135 cm³/mol. The molecule has 35 heavy (non-hydrogen) atoms. The number of carbonyl (C=O) groups excluding carboxylic acids is 1. The van der Waals surface area contributed by atoms with Crippen LogP contribution in [0.5, 0.6) is 0 Å². The van der Waals surface area contributed by atoms with Gasteiger partial charge in [0.2, 0.25) is 5.91 Å². The molecule has 0 saturated carbocycles. The molecule has 0 bridgehead atoms. The monoisotopic (exact) mass is 516 g/mol. The average molecular weight is 517 g/mol. The molecule has 3 N–H and O–H groups in total. The van der Waals surface area contributed by atoms with Gasteiger partial charge in [0, 0.05) is 17.4 Å². The van der Waals surface area contributed by atoms with Gasteiger partial charge in [0.25, 0.3) is 5.56 Å². The number of phosphoric acid groups is 1. The van der Waals surface area contributed by atoms with Gasteiger partial charge >= 0.3 is 7.82 Å². The largest absolute Gasteiger partial charge is 0.472 e. The van der Waals surface area contributed by atoms with Crippen LogP contribution in [0.3, 0.4) is 0 Å². The van der Waals surface area contributed by atoms with Gasteiger partial charge in [0.15, 0.2) is 5.16 Å². The number of aromatic nitrogens is 3. The molecule has 1 atom stereocenters. The molecule has 2 heterocycles. The summed E-state index contributed by atoms with van der Waals surface area (Å²) in [7, 11) is -4.12. The Kier molecular flexibility index (Phi) is 8.04. The van der Waals surface area contributed by atoms with E-state index in [-0.39, 0.29) is 37.0 Å². The van der Waals surface area contributed by atoms with Crippen molar-refractivity contribution < 1.29 is 23.3 Å². The van der Waals surface area contributed by atoms with Crippen LogP contribution in [0.25, 0.3) is 27.6 Å². The second kappa shape index (κ2) is 11.2.